The largest absolute Gasteiger partial charge is 0.384 e. The van der Waals surface area contributed by atoms with Crippen LogP contribution in [0.15, 0.2) is 41.3 Å². The van der Waals surface area contributed by atoms with E-state index in [4.69, 9.17) is 33.7 Å². The SMILES string of the molecule is Cc1cc(Nc2ncc3c(N)n(-c4c(Cl)cccc4Cl)c(=O)nc3n2)cc2c1NC[C@H]1CCCO[C@@H]21. The zero-order chi connectivity index (χ0) is 25.0. The van der Waals surface area contributed by atoms with Crippen LogP contribution in [0.3, 0.4) is 0 Å². The highest BCUT2D eigenvalue weighted by atomic mass is 35.5. The molecule has 0 spiro atoms. The van der Waals surface area contributed by atoms with Gasteiger partial charge in [0.2, 0.25) is 5.95 Å². The fourth-order valence-electron chi connectivity index (χ4n) is 5.09. The number of hydrogen-bond acceptors (Lipinski definition) is 8. The van der Waals surface area contributed by atoms with Crippen molar-refractivity contribution < 1.29 is 4.74 Å². The Morgan fingerprint density at radius 1 is 1.22 bits per heavy atom. The lowest BCUT2D eigenvalue weighted by Crippen LogP contribution is -2.33. The summed E-state index contributed by atoms with van der Waals surface area (Å²) in [5.74, 6) is 0.855. The summed E-state index contributed by atoms with van der Waals surface area (Å²) >= 11 is 12.6. The maximum absolute atomic E-state index is 12.9. The summed E-state index contributed by atoms with van der Waals surface area (Å²) in [6, 6.07) is 9.04. The van der Waals surface area contributed by atoms with Gasteiger partial charge in [-0.05, 0) is 49.6 Å². The number of nitrogens with one attached hydrogen (secondary N) is 2. The summed E-state index contributed by atoms with van der Waals surface area (Å²) in [5, 5.41) is 7.77. The second kappa shape index (κ2) is 8.92. The number of anilines is 4. The average molecular weight is 524 g/mol. The number of nitrogens with two attached hydrogens (primary N) is 1. The molecule has 1 fully saturated rings. The lowest BCUT2D eigenvalue weighted by atomic mass is 9.84. The summed E-state index contributed by atoms with van der Waals surface area (Å²) in [6.45, 7) is 3.75. The van der Waals surface area contributed by atoms with Crippen LogP contribution < -0.4 is 22.1 Å². The van der Waals surface area contributed by atoms with Crippen LogP contribution in [0.1, 0.15) is 30.1 Å². The summed E-state index contributed by atoms with van der Waals surface area (Å²) in [7, 11) is 0. The van der Waals surface area contributed by atoms with Crippen molar-refractivity contribution in [3.05, 3.63) is 68.2 Å². The van der Waals surface area contributed by atoms with Gasteiger partial charge in [0.15, 0.2) is 5.65 Å². The number of hydrogen-bond donors (Lipinski definition) is 3. The molecular formula is C25H23Cl2N7O2. The minimum absolute atomic E-state index is 0.0736. The zero-order valence-corrected chi connectivity index (χ0v) is 20.9. The van der Waals surface area contributed by atoms with Crippen LogP contribution in [0.2, 0.25) is 10.0 Å². The van der Waals surface area contributed by atoms with E-state index in [9.17, 15) is 4.79 Å². The number of rotatable bonds is 3. The summed E-state index contributed by atoms with van der Waals surface area (Å²) < 4.78 is 7.31. The molecule has 184 valence electrons. The fourth-order valence-corrected chi connectivity index (χ4v) is 5.66. The number of fused-ring (bicyclic) bond motifs is 4. The Balaban J connectivity index is 1.38. The molecule has 4 N–H and O–H groups in total. The van der Waals surface area contributed by atoms with Gasteiger partial charge in [0.1, 0.15) is 5.82 Å². The number of halogens is 2. The van der Waals surface area contributed by atoms with Crippen molar-refractivity contribution in [3.8, 4) is 5.69 Å². The molecule has 4 aromatic rings. The van der Waals surface area contributed by atoms with E-state index in [1.807, 2.05) is 6.07 Å². The third-order valence-electron chi connectivity index (χ3n) is 6.75. The number of aromatic nitrogens is 4. The lowest BCUT2D eigenvalue weighted by Gasteiger charge is -2.38. The number of ether oxygens (including phenoxy) is 1. The summed E-state index contributed by atoms with van der Waals surface area (Å²) in [4.78, 5) is 25.9. The predicted molar refractivity (Wildman–Crippen MR) is 142 cm³/mol. The van der Waals surface area contributed by atoms with E-state index >= 15 is 0 Å². The van der Waals surface area contributed by atoms with Crippen molar-refractivity contribution in [2.45, 2.75) is 25.9 Å². The van der Waals surface area contributed by atoms with Crippen molar-refractivity contribution in [1.29, 1.82) is 0 Å². The molecule has 2 aliphatic heterocycles. The first kappa shape index (κ1) is 23.0. The van der Waals surface area contributed by atoms with E-state index in [1.54, 1.807) is 18.2 Å². The Labute approximate surface area is 216 Å². The van der Waals surface area contributed by atoms with Crippen LogP contribution in [0.5, 0.6) is 0 Å². The van der Waals surface area contributed by atoms with E-state index in [-0.39, 0.29) is 33.3 Å². The predicted octanol–water partition coefficient (Wildman–Crippen LogP) is 5.01. The first-order chi connectivity index (χ1) is 17.4. The zero-order valence-electron chi connectivity index (χ0n) is 19.4. The van der Waals surface area contributed by atoms with Crippen LogP contribution in [-0.4, -0.2) is 32.7 Å². The molecule has 2 aromatic carbocycles. The van der Waals surface area contributed by atoms with Gasteiger partial charge in [0, 0.05) is 42.2 Å². The smallest absolute Gasteiger partial charge is 0.355 e. The minimum Gasteiger partial charge on any atom is -0.384 e. The van der Waals surface area contributed by atoms with E-state index in [0.29, 0.717) is 17.3 Å². The van der Waals surface area contributed by atoms with Crippen LogP contribution in [0.25, 0.3) is 16.7 Å². The lowest BCUT2D eigenvalue weighted by molar-refractivity contribution is -0.0262. The molecule has 0 aliphatic carbocycles. The van der Waals surface area contributed by atoms with Gasteiger partial charge in [-0.1, -0.05) is 29.3 Å². The Morgan fingerprint density at radius 2 is 2.03 bits per heavy atom. The molecule has 0 saturated carbocycles. The summed E-state index contributed by atoms with van der Waals surface area (Å²) in [5.41, 5.74) is 10.3. The average Bonchev–Trinajstić information content (AvgIpc) is 2.85. The van der Waals surface area contributed by atoms with E-state index in [2.05, 4.69) is 38.6 Å². The number of benzene rings is 2. The van der Waals surface area contributed by atoms with Crippen molar-refractivity contribution in [2.24, 2.45) is 5.92 Å². The van der Waals surface area contributed by atoms with Crippen molar-refractivity contribution >= 4 is 57.4 Å². The van der Waals surface area contributed by atoms with E-state index in [1.165, 1.54) is 10.8 Å². The van der Waals surface area contributed by atoms with E-state index < -0.39 is 5.69 Å². The summed E-state index contributed by atoms with van der Waals surface area (Å²) in [6.07, 6.45) is 3.83. The topological polar surface area (TPSA) is 120 Å². The Morgan fingerprint density at radius 3 is 2.83 bits per heavy atom. The normalized spacial score (nSPS) is 18.9. The monoisotopic (exact) mass is 523 g/mol. The minimum atomic E-state index is -0.643. The highest BCUT2D eigenvalue weighted by molar-refractivity contribution is 6.37. The molecule has 11 heteroatoms. The number of nitrogen functional groups attached to an aromatic ring is 1. The Bertz CT molecular complexity index is 1550. The maximum atomic E-state index is 12.9. The molecule has 6 rings (SSSR count). The van der Waals surface area contributed by atoms with Gasteiger partial charge in [0.05, 0.1) is 27.2 Å². The van der Waals surface area contributed by atoms with Crippen molar-refractivity contribution in [1.82, 2.24) is 19.5 Å². The molecule has 0 bridgehead atoms. The third kappa shape index (κ3) is 3.84. The third-order valence-corrected chi connectivity index (χ3v) is 7.36. The van der Waals surface area contributed by atoms with Gasteiger partial charge < -0.3 is 21.1 Å². The molecule has 2 aromatic heterocycles. The van der Waals surface area contributed by atoms with Crippen LogP contribution in [0.4, 0.5) is 23.1 Å². The molecule has 4 heterocycles. The number of nitrogens with zero attached hydrogens (tertiary/aromatic N) is 4. The fraction of sp³-hybridized carbons (Fsp3) is 0.280. The maximum Gasteiger partial charge on any atom is 0.355 e. The van der Waals surface area contributed by atoms with Gasteiger partial charge >= 0.3 is 5.69 Å². The highest BCUT2D eigenvalue weighted by Gasteiger charge is 2.33. The molecule has 2 atom stereocenters. The molecule has 1 saturated heterocycles. The molecule has 36 heavy (non-hydrogen) atoms. The molecule has 0 radical (unpaired) electrons. The Kier molecular flexibility index (Phi) is 5.70. The highest BCUT2D eigenvalue weighted by Crippen LogP contribution is 2.43. The molecule has 9 nitrogen and oxygen atoms in total. The van der Waals surface area contributed by atoms with Crippen LogP contribution in [-0.2, 0) is 4.74 Å². The van der Waals surface area contributed by atoms with Crippen molar-refractivity contribution in [3.63, 3.8) is 0 Å². The molecule has 2 aliphatic rings. The van der Waals surface area contributed by atoms with Gasteiger partial charge in [0.25, 0.3) is 0 Å². The second-order valence-electron chi connectivity index (χ2n) is 9.07. The van der Waals surface area contributed by atoms with Crippen LogP contribution >= 0.6 is 23.2 Å². The van der Waals surface area contributed by atoms with E-state index in [0.717, 1.165) is 48.5 Å². The van der Waals surface area contributed by atoms with Gasteiger partial charge in [-0.25, -0.2) is 14.3 Å². The number of aryl methyl sites for hydroxylation is 1. The van der Waals surface area contributed by atoms with Crippen LogP contribution in [0, 0.1) is 12.8 Å². The van der Waals surface area contributed by atoms with Gasteiger partial charge in [-0.15, -0.1) is 0 Å². The molecule has 0 unspecified atom stereocenters. The van der Waals surface area contributed by atoms with Gasteiger partial charge in [-0.3, -0.25) is 0 Å². The number of para-hydroxylation sites is 1. The Hall–Kier alpha value is -3.40. The first-order valence-electron chi connectivity index (χ1n) is 11.7. The second-order valence-corrected chi connectivity index (χ2v) is 9.89. The first-order valence-corrected chi connectivity index (χ1v) is 12.4. The molecule has 0 amide bonds. The quantitative estimate of drug-likeness (QED) is 0.342. The molecular weight excluding hydrogens is 501 g/mol. The van der Waals surface area contributed by atoms with Gasteiger partial charge in [-0.2, -0.15) is 9.97 Å². The standard InChI is InChI=1S/C25H23Cl2N7O2/c1-12-8-14(9-15-19(12)29-10-13-4-3-7-36-21(13)15)31-24-30-11-16-22(28)34(25(35)33-23(16)32-24)20-17(26)5-2-6-18(20)27/h2,5-6,8-9,11,13,21,29H,3-4,7,10,28H2,1H3,(H,31,32,33,35)/t13-,21-/m1/s1. The van der Waals surface area contributed by atoms with Crippen molar-refractivity contribution in [2.75, 3.05) is 29.5 Å².